The first-order valence-corrected chi connectivity index (χ1v) is 5.75. The molecule has 1 aromatic heterocycles. The van der Waals surface area contributed by atoms with Crippen molar-refractivity contribution < 1.29 is 9.90 Å². The highest BCUT2D eigenvalue weighted by Crippen LogP contribution is 2.28. The molecule has 0 radical (unpaired) electrons. The number of aryl methyl sites for hydroxylation is 1. The Kier molecular flexibility index (Phi) is 3.29. The molecule has 16 heavy (non-hydrogen) atoms. The quantitative estimate of drug-likeness (QED) is 0.780. The minimum atomic E-state index is -0.500. The predicted octanol–water partition coefficient (Wildman–Crippen LogP) is 0.975. The predicted molar refractivity (Wildman–Crippen MR) is 60.7 cm³/mol. The van der Waals surface area contributed by atoms with E-state index < -0.39 is 6.10 Å². The summed E-state index contributed by atoms with van der Waals surface area (Å²) in [5.74, 6) is 0.381. The molecule has 1 saturated carbocycles. The summed E-state index contributed by atoms with van der Waals surface area (Å²) in [7, 11) is 1.90. The molecule has 1 aliphatic rings. The van der Waals surface area contributed by atoms with Gasteiger partial charge in [0.15, 0.2) is 0 Å². The zero-order valence-electron chi connectivity index (χ0n) is 9.52. The molecule has 88 valence electrons. The van der Waals surface area contributed by atoms with Crippen LogP contribution in [0.3, 0.4) is 0 Å². The summed E-state index contributed by atoms with van der Waals surface area (Å²) in [6, 6.07) is 3.80. The van der Waals surface area contributed by atoms with Crippen LogP contribution < -0.4 is 5.32 Å². The first-order chi connectivity index (χ1) is 7.68. The summed E-state index contributed by atoms with van der Waals surface area (Å²) in [6.45, 7) is 0.543. The van der Waals surface area contributed by atoms with Crippen LogP contribution in [0.5, 0.6) is 0 Å². The molecule has 1 atom stereocenters. The SMILES string of the molecule is Cn1cccc1C(O)CCNC(=O)C1CC1. The van der Waals surface area contributed by atoms with E-state index in [1.54, 1.807) is 0 Å². The van der Waals surface area contributed by atoms with Crippen molar-refractivity contribution in [2.75, 3.05) is 6.54 Å². The highest BCUT2D eigenvalue weighted by Gasteiger charge is 2.29. The molecular weight excluding hydrogens is 204 g/mol. The van der Waals surface area contributed by atoms with Crippen LogP contribution in [0.1, 0.15) is 31.1 Å². The van der Waals surface area contributed by atoms with Gasteiger partial charge >= 0.3 is 0 Å². The molecule has 1 unspecified atom stereocenters. The third-order valence-electron chi connectivity index (χ3n) is 2.99. The van der Waals surface area contributed by atoms with E-state index in [1.807, 2.05) is 29.9 Å². The van der Waals surface area contributed by atoms with Crippen molar-refractivity contribution in [1.82, 2.24) is 9.88 Å². The number of aromatic nitrogens is 1. The molecule has 0 aromatic carbocycles. The minimum Gasteiger partial charge on any atom is -0.387 e. The lowest BCUT2D eigenvalue weighted by molar-refractivity contribution is -0.122. The number of amides is 1. The molecule has 1 aromatic rings. The Morgan fingerprint density at radius 1 is 1.69 bits per heavy atom. The third kappa shape index (κ3) is 2.64. The number of nitrogens with one attached hydrogen (secondary N) is 1. The number of aliphatic hydroxyl groups excluding tert-OH is 1. The average molecular weight is 222 g/mol. The number of nitrogens with zero attached hydrogens (tertiary/aromatic N) is 1. The summed E-state index contributed by atoms with van der Waals surface area (Å²) in [5.41, 5.74) is 0.890. The Morgan fingerprint density at radius 2 is 2.44 bits per heavy atom. The summed E-state index contributed by atoms with van der Waals surface area (Å²) in [4.78, 5) is 11.3. The molecule has 0 saturated heterocycles. The molecule has 0 aliphatic heterocycles. The molecular formula is C12H18N2O2. The van der Waals surface area contributed by atoms with E-state index in [4.69, 9.17) is 0 Å². The van der Waals surface area contributed by atoms with Crippen molar-refractivity contribution in [3.05, 3.63) is 24.0 Å². The Labute approximate surface area is 95.3 Å². The zero-order chi connectivity index (χ0) is 11.5. The van der Waals surface area contributed by atoms with Gasteiger partial charge in [-0.05, 0) is 31.4 Å². The Balaban J connectivity index is 1.73. The maximum Gasteiger partial charge on any atom is 0.223 e. The second kappa shape index (κ2) is 4.70. The Bertz CT molecular complexity index is 369. The van der Waals surface area contributed by atoms with E-state index in [2.05, 4.69) is 5.32 Å². The van der Waals surface area contributed by atoms with Crippen molar-refractivity contribution in [1.29, 1.82) is 0 Å². The summed E-state index contributed by atoms with van der Waals surface area (Å²) in [5, 5.41) is 12.7. The van der Waals surface area contributed by atoms with Crippen LogP contribution in [0.2, 0.25) is 0 Å². The molecule has 2 rings (SSSR count). The van der Waals surface area contributed by atoms with Crippen LogP contribution in [0, 0.1) is 5.92 Å². The zero-order valence-corrected chi connectivity index (χ0v) is 9.52. The minimum absolute atomic E-state index is 0.138. The maximum atomic E-state index is 11.3. The summed E-state index contributed by atoms with van der Waals surface area (Å²) in [6.07, 6.45) is 4.01. The number of carbonyl (C=O) groups excluding carboxylic acids is 1. The molecule has 1 amide bonds. The number of rotatable bonds is 5. The van der Waals surface area contributed by atoms with E-state index in [1.165, 1.54) is 0 Å². The lowest BCUT2D eigenvalue weighted by Gasteiger charge is -2.12. The van der Waals surface area contributed by atoms with Gasteiger partial charge in [0.05, 0.1) is 6.10 Å². The van der Waals surface area contributed by atoms with Crippen LogP contribution in [0.4, 0.5) is 0 Å². The fraction of sp³-hybridized carbons (Fsp3) is 0.583. The maximum absolute atomic E-state index is 11.3. The molecule has 1 fully saturated rings. The van der Waals surface area contributed by atoms with Gasteiger partial charge < -0.3 is 15.0 Å². The first-order valence-electron chi connectivity index (χ1n) is 5.75. The summed E-state index contributed by atoms with van der Waals surface area (Å²) >= 11 is 0. The average Bonchev–Trinajstić information content (AvgIpc) is 3.01. The van der Waals surface area contributed by atoms with Gasteiger partial charge in [-0.15, -0.1) is 0 Å². The molecule has 1 heterocycles. The normalized spacial score (nSPS) is 17.1. The smallest absolute Gasteiger partial charge is 0.223 e. The van der Waals surface area contributed by atoms with Crippen molar-refractivity contribution in [2.45, 2.75) is 25.4 Å². The second-order valence-corrected chi connectivity index (χ2v) is 4.41. The standard InChI is InChI=1S/C12H18N2O2/c1-14-8-2-3-10(14)11(15)6-7-13-12(16)9-4-5-9/h2-3,8-9,11,15H,4-7H2,1H3,(H,13,16). The molecule has 2 N–H and O–H groups in total. The van der Waals surface area contributed by atoms with Crippen molar-refractivity contribution >= 4 is 5.91 Å². The Hall–Kier alpha value is -1.29. The number of aliphatic hydroxyl groups is 1. The fourth-order valence-electron chi connectivity index (χ4n) is 1.79. The van der Waals surface area contributed by atoms with Crippen LogP contribution in [0.25, 0.3) is 0 Å². The van der Waals surface area contributed by atoms with Crippen LogP contribution in [-0.4, -0.2) is 22.1 Å². The monoisotopic (exact) mass is 222 g/mol. The van der Waals surface area contributed by atoms with Gasteiger partial charge in [-0.25, -0.2) is 0 Å². The van der Waals surface area contributed by atoms with E-state index in [9.17, 15) is 9.90 Å². The number of carbonyl (C=O) groups is 1. The van der Waals surface area contributed by atoms with Gasteiger partial charge in [-0.2, -0.15) is 0 Å². The highest BCUT2D eigenvalue weighted by molar-refractivity contribution is 5.80. The van der Waals surface area contributed by atoms with Crippen LogP contribution in [0.15, 0.2) is 18.3 Å². The number of hydrogen-bond donors (Lipinski definition) is 2. The van der Waals surface area contributed by atoms with Gasteiger partial charge in [0.25, 0.3) is 0 Å². The lowest BCUT2D eigenvalue weighted by atomic mass is 10.2. The molecule has 0 bridgehead atoms. The first kappa shape index (κ1) is 11.2. The molecule has 1 aliphatic carbocycles. The summed E-state index contributed by atoms with van der Waals surface area (Å²) < 4.78 is 1.90. The second-order valence-electron chi connectivity index (χ2n) is 4.41. The molecule has 4 heteroatoms. The highest BCUT2D eigenvalue weighted by atomic mass is 16.3. The van der Waals surface area contributed by atoms with E-state index >= 15 is 0 Å². The van der Waals surface area contributed by atoms with Crippen LogP contribution in [-0.2, 0) is 11.8 Å². The fourth-order valence-corrected chi connectivity index (χ4v) is 1.79. The molecule has 4 nitrogen and oxygen atoms in total. The van der Waals surface area contributed by atoms with Crippen LogP contribution >= 0.6 is 0 Å². The van der Waals surface area contributed by atoms with E-state index in [-0.39, 0.29) is 11.8 Å². The Morgan fingerprint density at radius 3 is 3.00 bits per heavy atom. The van der Waals surface area contributed by atoms with Gasteiger partial charge in [-0.3, -0.25) is 4.79 Å². The van der Waals surface area contributed by atoms with Crippen molar-refractivity contribution in [2.24, 2.45) is 13.0 Å². The van der Waals surface area contributed by atoms with Crippen molar-refractivity contribution in [3.8, 4) is 0 Å². The van der Waals surface area contributed by atoms with Gasteiger partial charge in [0.1, 0.15) is 0 Å². The van der Waals surface area contributed by atoms with E-state index in [0.717, 1.165) is 18.5 Å². The van der Waals surface area contributed by atoms with Gasteiger partial charge in [0, 0.05) is 31.4 Å². The topological polar surface area (TPSA) is 54.3 Å². The lowest BCUT2D eigenvalue weighted by Crippen LogP contribution is -2.27. The third-order valence-corrected chi connectivity index (χ3v) is 2.99. The largest absolute Gasteiger partial charge is 0.387 e. The number of hydrogen-bond acceptors (Lipinski definition) is 2. The van der Waals surface area contributed by atoms with Crippen molar-refractivity contribution in [3.63, 3.8) is 0 Å². The van der Waals surface area contributed by atoms with Gasteiger partial charge in [0.2, 0.25) is 5.91 Å². The van der Waals surface area contributed by atoms with E-state index in [0.29, 0.717) is 13.0 Å². The molecule has 0 spiro atoms. The van der Waals surface area contributed by atoms with Gasteiger partial charge in [-0.1, -0.05) is 0 Å².